The average Bonchev–Trinajstić information content (AvgIpc) is 2.57. The molecule has 0 aliphatic carbocycles. The molecule has 0 unspecified atom stereocenters. The van der Waals surface area contributed by atoms with Crippen LogP contribution in [0.2, 0.25) is 0 Å². The van der Waals surface area contributed by atoms with E-state index in [-0.39, 0.29) is 0 Å². The fourth-order valence-corrected chi connectivity index (χ4v) is 4.52. The summed E-state index contributed by atoms with van der Waals surface area (Å²) in [7, 11) is -2.02. The molecule has 102 valence electrons. The van der Waals surface area contributed by atoms with Crippen LogP contribution >= 0.6 is 10.7 Å². The van der Waals surface area contributed by atoms with E-state index in [9.17, 15) is 26.9 Å². The smallest absolute Gasteiger partial charge is 0.358 e. The first-order valence-electron chi connectivity index (χ1n) is 4.35. The van der Waals surface area contributed by atoms with Crippen molar-refractivity contribution in [3.8, 4) is 0 Å². The van der Waals surface area contributed by atoms with Crippen molar-refractivity contribution in [1.82, 2.24) is 9.55 Å². The molecule has 0 saturated heterocycles. The van der Waals surface area contributed by atoms with Crippen molar-refractivity contribution in [2.24, 2.45) is 7.05 Å². The van der Waals surface area contributed by atoms with Crippen molar-refractivity contribution in [3.05, 3.63) is 16.4 Å². The van der Waals surface area contributed by atoms with Gasteiger partial charge in [0, 0.05) is 17.7 Å². The number of nitro groups is 1. The second kappa shape index (κ2) is 4.82. The van der Waals surface area contributed by atoms with Crippen molar-refractivity contribution in [3.63, 3.8) is 0 Å². The number of hydrogen-bond acceptors (Lipinski definition) is 7. The van der Waals surface area contributed by atoms with Gasteiger partial charge < -0.3 is 10.1 Å². The fraction of sp³-hybridized carbons (Fsp3) is 0.500. The van der Waals surface area contributed by atoms with Gasteiger partial charge >= 0.3 is 5.82 Å². The van der Waals surface area contributed by atoms with Crippen molar-refractivity contribution >= 4 is 35.4 Å². The molecule has 12 heteroatoms. The molecule has 1 aromatic heterocycles. The molecule has 0 N–H and O–H groups in total. The predicted molar refractivity (Wildman–Crippen MR) is 61.6 cm³/mol. The molecule has 0 fully saturated rings. The van der Waals surface area contributed by atoms with Gasteiger partial charge in [0.1, 0.15) is 0 Å². The zero-order chi connectivity index (χ0) is 14.1. The maximum Gasteiger partial charge on any atom is 0.401 e. The molecule has 1 rings (SSSR count). The summed E-state index contributed by atoms with van der Waals surface area (Å²) in [6, 6.07) is 0. The van der Waals surface area contributed by atoms with Crippen LogP contribution in [0, 0.1) is 10.1 Å². The Bertz CT molecular complexity index is 676. The van der Waals surface area contributed by atoms with Gasteiger partial charge in [-0.1, -0.05) is 0 Å². The largest absolute Gasteiger partial charge is 0.401 e. The number of rotatable bonds is 5. The maximum atomic E-state index is 11.8. The van der Waals surface area contributed by atoms with Crippen molar-refractivity contribution < 1.29 is 21.8 Å². The molecule has 0 aliphatic rings. The lowest BCUT2D eigenvalue weighted by Gasteiger charge is -2.03. The zero-order valence-corrected chi connectivity index (χ0v) is 11.4. The van der Waals surface area contributed by atoms with E-state index in [0.717, 1.165) is 10.9 Å². The summed E-state index contributed by atoms with van der Waals surface area (Å²) >= 11 is 0. The molecule has 18 heavy (non-hydrogen) atoms. The Morgan fingerprint density at radius 1 is 1.39 bits per heavy atom. The van der Waals surface area contributed by atoms with Crippen LogP contribution in [0.3, 0.4) is 0 Å². The maximum absolute atomic E-state index is 11.8. The van der Waals surface area contributed by atoms with Gasteiger partial charge in [0.25, 0.3) is 0 Å². The number of aromatic nitrogens is 2. The molecule has 0 spiro atoms. The summed E-state index contributed by atoms with van der Waals surface area (Å²) in [5.74, 6) is -2.53. The number of nitrogens with zero attached hydrogens (tertiary/aromatic N) is 3. The molecule has 0 aliphatic heterocycles. The highest BCUT2D eigenvalue weighted by Gasteiger charge is 2.32. The summed E-state index contributed by atoms with van der Waals surface area (Å²) in [6.45, 7) is 0. The van der Waals surface area contributed by atoms with E-state index >= 15 is 0 Å². The quantitative estimate of drug-likeness (QED) is 0.413. The van der Waals surface area contributed by atoms with E-state index in [2.05, 4.69) is 4.98 Å². The lowest BCUT2D eigenvalue weighted by molar-refractivity contribution is -0.392. The molecule has 0 bridgehead atoms. The van der Waals surface area contributed by atoms with E-state index in [1.165, 1.54) is 7.05 Å². The minimum absolute atomic E-state index is 0.646. The second-order valence-corrected chi connectivity index (χ2v) is 8.22. The molecule has 0 atom stereocenters. The second-order valence-electron chi connectivity index (χ2n) is 3.30. The van der Waals surface area contributed by atoms with Crippen LogP contribution in [0.5, 0.6) is 0 Å². The summed E-state index contributed by atoms with van der Waals surface area (Å²) < 4.78 is 45.9. The molecule has 1 heterocycles. The molecule has 0 aromatic carbocycles. The molecule has 0 saturated carbocycles. The monoisotopic (exact) mass is 317 g/mol. The van der Waals surface area contributed by atoms with E-state index < -0.39 is 46.2 Å². The summed E-state index contributed by atoms with van der Waals surface area (Å²) in [5.41, 5.74) is 0. The number of hydrogen-bond donors (Lipinski definition) is 0. The van der Waals surface area contributed by atoms with Gasteiger partial charge in [-0.05, 0) is 9.91 Å². The van der Waals surface area contributed by atoms with Crippen LogP contribution in [0.4, 0.5) is 5.82 Å². The third-order valence-electron chi connectivity index (χ3n) is 1.93. The highest BCUT2D eigenvalue weighted by Crippen LogP contribution is 2.22. The average molecular weight is 318 g/mol. The Kier molecular flexibility index (Phi) is 3.98. The summed E-state index contributed by atoms with van der Waals surface area (Å²) in [4.78, 5) is 13.0. The molecule has 0 radical (unpaired) electrons. The standard InChI is InChI=1S/C6H8ClN3O6S2/c1-9-4-8-5(10(11)12)6(9)17(13,14)2-3-18(7,15)16/h4H,2-3H2,1H3. The van der Waals surface area contributed by atoms with Crippen LogP contribution < -0.4 is 0 Å². The first-order chi connectivity index (χ1) is 8.04. The number of halogens is 1. The molecule has 1 aromatic rings. The van der Waals surface area contributed by atoms with Gasteiger partial charge in [0.15, 0.2) is 0 Å². The summed E-state index contributed by atoms with van der Waals surface area (Å²) in [6.07, 6.45) is 0.959. The van der Waals surface area contributed by atoms with Crippen LogP contribution in [-0.2, 0) is 25.9 Å². The van der Waals surface area contributed by atoms with Gasteiger partial charge in [-0.3, -0.25) is 4.57 Å². The first kappa shape index (κ1) is 14.9. The van der Waals surface area contributed by atoms with Gasteiger partial charge in [0.2, 0.25) is 30.2 Å². The lowest BCUT2D eigenvalue weighted by Crippen LogP contribution is -2.17. The third kappa shape index (κ3) is 3.40. The molecule has 0 amide bonds. The highest BCUT2D eigenvalue weighted by atomic mass is 35.7. The number of imidazole rings is 1. The number of aryl methyl sites for hydroxylation is 1. The Morgan fingerprint density at radius 2 is 1.94 bits per heavy atom. The van der Waals surface area contributed by atoms with Crippen molar-refractivity contribution in [2.75, 3.05) is 11.5 Å². The van der Waals surface area contributed by atoms with Crippen LogP contribution in [0.25, 0.3) is 0 Å². The molecule has 9 nitrogen and oxygen atoms in total. The fourth-order valence-electron chi connectivity index (χ4n) is 1.20. The predicted octanol–water partition coefficient (Wildman–Crippen LogP) is -0.329. The minimum atomic E-state index is -4.16. The molecular weight excluding hydrogens is 310 g/mol. The SMILES string of the molecule is Cn1cnc([N+](=O)[O-])c1S(=O)(=O)CCS(=O)(=O)Cl. The van der Waals surface area contributed by atoms with Gasteiger partial charge in [-0.15, -0.1) is 0 Å². The van der Waals surface area contributed by atoms with E-state index in [0.29, 0.717) is 0 Å². The Labute approximate surface area is 107 Å². The third-order valence-corrected chi connectivity index (χ3v) is 5.14. The van der Waals surface area contributed by atoms with Crippen LogP contribution in [-0.4, -0.2) is 42.8 Å². The molecular formula is C6H8ClN3O6S2. The van der Waals surface area contributed by atoms with Gasteiger partial charge in [-0.25, -0.2) is 16.8 Å². The first-order valence-corrected chi connectivity index (χ1v) is 8.48. The van der Waals surface area contributed by atoms with Crippen molar-refractivity contribution in [1.29, 1.82) is 0 Å². The van der Waals surface area contributed by atoms with Crippen LogP contribution in [0.1, 0.15) is 0 Å². The summed E-state index contributed by atoms with van der Waals surface area (Å²) in [5, 5.41) is 9.96. The van der Waals surface area contributed by atoms with Crippen LogP contribution in [0.15, 0.2) is 11.4 Å². The lowest BCUT2D eigenvalue weighted by atomic mass is 10.8. The van der Waals surface area contributed by atoms with Crippen molar-refractivity contribution in [2.45, 2.75) is 5.03 Å². The van der Waals surface area contributed by atoms with E-state index in [1.807, 2.05) is 0 Å². The number of sulfone groups is 1. The normalized spacial score (nSPS) is 12.6. The zero-order valence-electron chi connectivity index (χ0n) is 8.98. The Balaban J connectivity index is 3.21. The highest BCUT2D eigenvalue weighted by molar-refractivity contribution is 8.14. The van der Waals surface area contributed by atoms with E-state index in [1.54, 1.807) is 0 Å². The van der Waals surface area contributed by atoms with Gasteiger partial charge in [0.05, 0.1) is 11.5 Å². The minimum Gasteiger partial charge on any atom is -0.358 e. The Morgan fingerprint density at radius 3 is 2.39 bits per heavy atom. The topological polar surface area (TPSA) is 129 Å². The van der Waals surface area contributed by atoms with Gasteiger partial charge in [-0.2, -0.15) is 0 Å². The van der Waals surface area contributed by atoms with E-state index in [4.69, 9.17) is 10.7 Å². The Hall–Kier alpha value is -1.20.